The topological polar surface area (TPSA) is 18.5 Å². The van der Waals surface area contributed by atoms with Crippen LogP contribution in [0.1, 0.15) is 59.8 Å². The molecule has 3 heteroatoms. The van der Waals surface area contributed by atoms with E-state index in [4.69, 9.17) is 9.16 Å². The summed E-state index contributed by atoms with van der Waals surface area (Å²) in [5.74, 6) is 0. The highest BCUT2D eigenvalue weighted by Gasteiger charge is 2.10. The average molecular weight is 246 g/mol. The highest BCUT2D eigenvalue weighted by molar-refractivity contribution is 6.31. The van der Waals surface area contributed by atoms with Crippen LogP contribution in [-0.4, -0.2) is 29.6 Å². The molecule has 0 aromatic carbocycles. The summed E-state index contributed by atoms with van der Waals surface area (Å²) in [4.78, 5) is 0. The van der Waals surface area contributed by atoms with Crippen molar-refractivity contribution >= 4 is 9.76 Å². The molecule has 0 rings (SSSR count). The zero-order valence-electron chi connectivity index (χ0n) is 11.7. The Kier molecular flexibility index (Phi) is 10.4. The maximum atomic E-state index is 5.66. The lowest BCUT2D eigenvalue weighted by Gasteiger charge is -2.16. The van der Waals surface area contributed by atoms with E-state index >= 15 is 0 Å². The largest absolute Gasteiger partial charge is 0.421 e. The Bertz CT molecular complexity index is 143. The summed E-state index contributed by atoms with van der Waals surface area (Å²) in [6.07, 6.45) is 6.54. The molecule has 0 bridgehead atoms. The Balaban J connectivity index is 2.99. The zero-order valence-corrected chi connectivity index (χ0v) is 13.1. The molecule has 0 aliphatic heterocycles. The highest BCUT2D eigenvalue weighted by Crippen LogP contribution is 2.19. The van der Waals surface area contributed by atoms with Gasteiger partial charge in [-0.25, -0.2) is 0 Å². The first kappa shape index (κ1) is 16.1. The van der Waals surface area contributed by atoms with Gasteiger partial charge in [0.2, 0.25) is 0 Å². The van der Waals surface area contributed by atoms with Crippen LogP contribution in [0.3, 0.4) is 0 Å². The predicted octanol–water partition coefficient (Wildman–Crippen LogP) is 3.29. The van der Waals surface area contributed by atoms with Crippen molar-refractivity contribution in [3.8, 4) is 0 Å². The van der Waals surface area contributed by atoms with Crippen molar-refractivity contribution in [3.63, 3.8) is 0 Å². The van der Waals surface area contributed by atoms with Gasteiger partial charge >= 0.3 is 0 Å². The third kappa shape index (κ3) is 14.1. The van der Waals surface area contributed by atoms with Crippen molar-refractivity contribution in [2.24, 2.45) is 0 Å². The number of unbranched alkanes of at least 4 members (excludes halogenated alkanes) is 4. The van der Waals surface area contributed by atoms with E-state index in [1.165, 1.54) is 32.1 Å². The Morgan fingerprint density at radius 2 is 1.56 bits per heavy atom. The van der Waals surface area contributed by atoms with Crippen LogP contribution in [0.2, 0.25) is 5.04 Å². The van der Waals surface area contributed by atoms with Crippen LogP contribution in [0.4, 0.5) is 0 Å². The summed E-state index contributed by atoms with van der Waals surface area (Å²) >= 11 is 0. The van der Waals surface area contributed by atoms with Gasteiger partial charge < -0.3 is 9.16 Å². The first-order chi connectivity index (χ1) is 7.56. The smallest absolute Gasteiger partial charge is 0.166 e. The quantitative estimate of drug-likeness (QED) is 0.435. The molecule has 0 heterocycles. The summed E-state index contributed by atoms with van der Waals surface area (Å²) in [6.45, 7) is 11.4. The van der Waals surface area contributed by atoms with E-state index in [1.54, 1.807) is 0 Å². The third-order valence-corrected chi connectivity index (χ3v) is 3.66. The van der Waals surface area contributed by atoms with Crippen LogP contribution in [-0.2, 0) is 9.16 Å². The van der Waals surface area contributed by atoms with Crippen LogP contribution in [0.15, 0.2) is 0 Å². The molecule has 0 N–H and O–H groups in total. The lowest BCUT2D eigenvalue weighted by atomic mass is 10.2. The van der Waals surface area contributed by atoms with Crippen molar-refractivity contribution in [2.45, 2.75) is 64.8 Å². The molecule has 0 fully saturated rings. The minimum absolute atomic E-state index is 0.381. The van der Waals surface area contributed by atoms with Gasteiger partial charge in [0.1, 0.15) is 0 Å². The summed E-state index contributed by atoms with van der Waals surface area (Å²) < 4.78 is 11.2. The standard InChI is InChI=1S/C13H30O2Si/c1-5-6-7-8-9-10-14-11-12-15-16-13(2,3)4/h5-12,16H2,1-4H3. The van der Waals surface area contributed by atoms with Gasteiger partial charge in [0, 0.05) is 6.61 Å². The molecule has 0 atom stereocenters. The maximum Gasteiger partial charge on any atom is 0.166 e. The lowest BCUT2D eigenvalue weighted by molar-refractivity contribution is 0.0972. The Labute approximate surface area is 104 Å². The van der Waals surface area contributed by atoms with Crippen molar-refractivity contribution in [1.82, 2.24) is 0 Å². The fraction of sp³-hybridized carbons (Fsp3) is 1.00. The second-order valence-corrected chi connectivity index (χ2v) is 8.46. The normalized spacial score (nSPS) is 12.8. The number of hydrogen-bond acceptors (Lipinski definition) is 2. The first-order valence-electron chi connectivity index (χ1n) is 6.72. The molecule has 0 aromatic rings. The fourth-order valence-electron chi connectivity index (χ4n) is 1.41. The van der Waals surface area contributed by atoms with Gasteiger partial charge in [0.15, 0.2) is 9.76 Å². The maximum absolute atomic E-state index is 5.66. The molecule has 0 aliphatic rings. The van der Waals surface area contributed by atoms with Gasteiger partial charge in [-0.1, -0.05) is 53.4 Å². The van der Waals surface area contributed by atoms with Crippen LogP contribution in [0.5, 0.6) is 0 Å². The number of hydrogen-bond donors (Lipinski definition) is 0. The van der Waals surface area contributed by atoms with Crippen LogP contribution in [0.25, 0.3) is 0 Å². The summed E-state index contributed by atoms with van der Waals surface area (Å²) in [5.41, 5.74) is 0. The second-order valence-electron chi connectivity index (χ2n) is 5.64. The van der Waals surface area contributed by atoms with E-state index in [1.807, 2.05) is 0 Å². The minimum atomic E-state index is -0.381. The van der Waals surface area contributed by atoms with Gasteiger partial charge in [-0.05, 0) is 11.5 Å². The lowest BCUT2D eigenvalue weighted by Crippen LogP contribution is -2.15. The summed E-state index contributed by atoms with van der Waals surface area (Å²) in [6, 6.07) is 0. The molecule has 2 nitrogen and oxygen atoms in total. The van der Waals surface area contributed by atoms with Crippen molar-refractivity contribution < 1.29 is 9.16 Å². The van der Waals surface area contributed by atoms with Crippen molar-refractivity contribution in [2.75, 3.05) is 19.8 Å². The van der Waals surface area contributed by atoms with E-state index in [-0.39, 0.29) is 9.76 Å². The van der Waals surface area contributed by atoms with Crippen molar-refractivity contribution in [1.29, 1.82) is 0 Å². The molecule has 0 spiro atoms. The van der Waals surface area contributed by atoms with Gasteiger partial charge in [-0.2, -0.15) is 0 Å². The SMILES string of the molecule is CCCCCCCOCCO[SiH2]C(C)(C)C. The monoisotopic (exact) mass is 246 g/mol. The van der Waals surface area contributed by atoms with E-state index in [0.717, 1.165) is 19.8 Å². The Hall–Kier alpha value is 0.137. The molecule has 0 unspecified atom stereocenters. The highest BCUT2D eigenvalue weighted by atomic mass is 28.2. The summed E-state index contributed by atoms with van der Waals surface area (Å²) in [7, 11) is -0.381. The van der Waals surface area contributed by atoms with Crippen LogP contribution < -0.4 is 0 Å². The van der Waals surface area contributed by atoms with Gasteiger partial charge in [0.05, 0.1) is 13.2 Å². The van der Waals surface area contributed by atoms with Crippen LogP contribution >= 0.6 is 0 Å². The average Bonchev–Trinajstić information content (AvgIpc) is 2.19. The molecule has 16 heavy (non-hydrogen) atoms. The predicted molar refractivity (Wildman–Crippen MR) is 73.8 cm³/mol. The van der Waals surface area contributed by atoms with E-state index in [9.17, 15) is 0 Å². The molecule has 0 saturated carbocycles. The van der Waals surface area contributed by atoms with Gasteiger partial charge in [0.25, 0.3) is 0 Å². The summed E-state index contributed by atoms with van der Waals surface area (Å²) in [5, 5.41) is 0.403. The molecular weight excluding hydrogens is 216 g/mol. The minimum Gasteiger partial charge on any atom is -0.421 e. The van der Waals surface area contributed by atoms with E-state index in [2.05, 4.69) is 27.7 Å². The molecular formula is C13H30O2Si. The fourth-order valence-corrected chi connectivity index (χ4v) is 2.28. The molecule has 0 radical (unpaired) electrons. The molecule has 0 saturated heterocycles. The van der Waals surface area contributed by atoms with Gasteiger partial charge in [-0.15, -0.1) is 0 Å². The first-order valence-corrected chi connectivity index (χ1v) is 8.00. The molecule has 0 amide bonds. The molecule has 0 aliphatic carbocycles. The number of rotatable bonds is 10. The van der Waals surface area contributed by atoms with Crippen LogP contribution in [0, 0.1) is 0 Å². The van der Waals surface area contributed by atoms with Crippen molar-refractivity contribution in [3.05, 3.63) is 0 Å². The Morgan fingerprint density at radius 3 is 2.19 bits per heavy atom. The third-order valence-electron chi connectivity index (χ3n) is 2.30. The van der Waals surface area contributed by atoms with Gasteiger partial charge in [-0.3, -0.25) is 0 Å². The Morgan fingerprint density at radius 1 is 0.875 bits per heavy atom. The molecule has 98 valence electrons. The molecule has 0 aromatic heterocycles. The zero-order chi connectivity index (χ0) is 12.3. The second kappa shape index (κ2) is 10.3. The number of ether oxygens (including phenoxy) is 1. The van der Waals surface area contributed by atoms with E-state index in [0.29, 0.717) is 5.04 Å². The van der Waals surface area contributed by atoms with E-state index < -0.39 is 0 Å².